The number of hydrogen-bond acceptors (Lipinski definition) is 6. The van der Waals surface area contributed by atoms with Gasteiger partial charge in [-0.2, -0.15) is 5.10 Å². The second-order valence-corrected chi connectivity index (χ2v) is 7.15. The van der Waals surface area contributed by atoms with Gasteiger partial charge in [0.1, 0.15) is 11.5 Å². The highest BCUT2D eigenvalue weighted by Crippen LogP contribution is 2.38. The molecule has 0 aromatic carbocycles. The standard InChI is InChI=1S/C19H20N6O/c26-19-9-16(21-17-3-1-2-8-25(17)19)20-10-13-11-24(12-13)18-7-6-15(22-23-18)14-4-5-14/h1-3,6-9,13-14,20H,4-5,10-12H2. The fraction of sp³-hybridized carbons (Fsp3) is 0.368. The van der Waals surface area contributed by atoms with Crippen LogP contribution in [0.25, 0.3) is 5.65 Å². The van der Waals surface area contributed by atoms with E-state index < -0.39 is 0 Å². The van der Waals surface area contributed by atoms with Crippen LogP contribution < -0.4 is 15.8 Å². The van der Waals surface area contributed by atoms with Gasteiger partial charge in [-0.05, 0) is 37.1 Å². The van der Waals surface area contributed by atoms with Gasteiger partial charge in [-0.1, -0.05) is 6.07 Å². The van der Waals surface area contributed by atoms with Crippen LogP contribution in [0.4, 0.5) is 11.6 Å². The van der Waals surface area contributed by atoms with Gasteiger partial charge in [0, 0.05) is 43.7 Å². The highest BCUT2D eigenvalue weighted by molar-refractivity contribution is 5.47. The van der Waals surface area contributed by atoms with Crippen LogP contribution in [-0.2, 0) is 0 Å². The van der Waals surface area contributed by atoms with Crippen LogP contribution in [0.3, 0.4) is 0 Å². The van der Waals surface area contributed by atoms with Gasteiger partial charge in [-0.25, -0.2) is 4.98 Å². The molecule has 1 saturated carbocycles. The maximum atomic E-state index is 12.1. The van der Waals surface area contributed by atoms with Crippen LogP contribution in [0.5, 0.6) is 0 Å². The van der Waals surface area contributed by atoms with Crippen molar-refractivity contribution in [2.45, 2.75) is 18.8 Å². The maximum Gasteiger partial charge on any atom is 0.259 e. The number of nitrogens with one attached hydrogen (secondary N) is 1. The van der Waals surface area contributed by atoms with Gasteiger partial charge in [-0.3, -0.25) is 9.20 Å². The van der Waals surface area contributed by atoms with Crippen molar-refractivity contribution >= 4 is 17.3 Å². The Morgan fingerprint density at radius 1 is 1.12 bits per heavy atom. The van der Waals surface area contributed by atoms with Crippen LogP contribution in [0, 0.1) is 5.92 Å². The van der Waals surface area contributed by atoms with Gasteiger partial charge in [0.15, 0.2) is 5.82 Å². The first-order valence-electron chi connectivity index (χ1n) is 9.07. The zero-order chi connectivity index (χ0) is 17.5. The third kappa shape index (κ3) is 2.89. The number of hydrogen-bond donors (Lipinski definition) is 1. The van der Waals surface area contributed by atoms with Gasteiger partial charge >= 0.3 is 0 Å². The minimum absolute atomic E-state index is 0.0700. The molecule has 2 fully saturated rings. The summed E-state index contributed by atoms with van der Waals surface area (Å²) in [5.41, 5.74) is 1.71. The number of fused-ring (bicyclic) bond motifs is 1. The van der Waals surface area contributed by atoms with E-state index in [1.807, 2.05) is 18.2 Å². The van der Waals surface area contributed by atoms with Gasteiger partial charge in [0.25, 0.3) is 5.56 Å². The van der Waals surface area contributed by atoms with Crippen LogP contribution in [-0.4, -0.2) is 39.2 Å². The molecule has 7 nitrogen and oxygen atoms in total. The summed E-state index contributed by atoms with van der Waals surface area (Å²) < 4.78 is 1.54. The van der Waals surface area contributed by atoms with E-state index in [-0.39, 0.29) is 5.56 Å². The largest absolute Gasteiger partial charge is 0.369 e. The second kappa shape index (κ2) is 6.09. The van der Waals surface area contributed by atoms with E-state index in [1.165, 1.54) is 12.8 Å². The molecule has 0 amide bonds. The molecule has 1 aliphatic heterocycles. The van der Waals surface area contributed by atoms with Crippen molar-refractivity contribution in [3.63, 3.8) is 0 Å². The summed E-state index contributed by atoms with van der Waals surface area (Å²) in [6.45, 7) is 2.67. The molecule has 5 rings (SSSR count). The van der Waals surface area contributed by atoms with Gasteiger partial charge in [0.2, 0.25) is 0 Å². The fourth-order valence-corrected chi connectivity index (χ4v) is 3.38. The third-order valence-corrected chi connectivity index (χ3v) is 5.09. The topological polar surface area (TPSA) is 75.4 Å². The Kier molecular flexibility index (Phi) is 3.58. The Morgan fingerprint density at radius 2 is 2.00 bits per heavy atom. The summed E-state index contributed by atoms with van der Waals surface area (Å²) in [6, 6.07) is 11.3. The van der Waals surface area contributed by atoms with Crippen molar-refractivity contribution in [3.05, 3.63) is 58.6 Å². The van der Waals surface area contributed by atoms with Crippen LogP contribution in [0.1, 0.15) is 24.5 Å². The first-order chi connectivity index (χ1) is 12.8. The normalized spacial score (nSPS) is 17.3. The van der Waals surface area contributed by atoms with E-state index >= 15 is 0 Å². The van der Waals surface area contributed by atoms with Crippen molar-refractivity contribution in [1.29, 1.82) is 0 Å². The molecule has 0 unspecified atom stereocenters. The molecule has 2 aliphatic rings. The molecular formula is C19H20N6O. The number of rotatable bonds is 5. The average Bonchev–Trinajstić information content (AvgIpc) is 3.46. The Bertz CT molecular complexity index is 989. The minimum atomic E-state index is -0.0700. The molecule has 3 aromatic rings. The van der Waals surface area contributed by atoms with Crippen LogP contribution >= 0.6 is 0 Å². The molecule has 0 atom stereocenters. The quantitative estimate of drug-likeness (QED) is 0.759. The van der Waals surface area contributed by atoms with Crippen LogP contribution in [0.2, 0.25) is 0 Å². The van der Waals surface area contributed by atoms with E-state index in [2.05, 4.69) is 37.5 Å². The summed E-state index contributed by atoms with van der Waals surface area (Å²) in [5, 5.41) is 12.0. The van der Waals surface area contributed by atoms with Gasteiger partial charge in [0.05, 0.1) is 5.69 Å². The SMILES string of the molecule is O=c1cc(NCC2CN(c3ccc(C4CC4)nn3)C2)nc2ccccn12. The van der Waals surface area contributed by atoms with E-state index in [4.69, 9.17) is 0 Å². The van der Waals surface area contributed by atoms with Gasteiger partial charge in [-0.15, -0.1) is 5.10 Å². The zero-order valence-corrected chi connectivity index (χ0v) is 14.4. The monoisotopic (exact) mass is 348 g/mol. The lowest BCUT2D eigenvalue weighted by molar-refractivity contribution is 0.425. The summed E-state index contributed by atoms with van der Waals surface area (Å²) >= 11 is 0. The third-order valence-electron chi connectivity index (χ3n) is 5.09. The molecule has 0 radical (unpaired) electrons. The molecule has 132 valence electrons. The Labute approximate surface area is 150 Å². The van der Waals surface area contributed by atoms with Crippen molar-refractivity contribution in [3.8, 4) is 0 Å². The number of nitrogens with zero attached hydrogens (tertiary/aromatic N) is 5. The lowest BCUT2D eigenvalue weighted by Crippen LogP contribution is -2.50. The maximum absolute atomic E-state index is 12.1. The number of pyridine rings is 1. The highest BCUT2D eigenvalue weighted by Gasteiger charge is 2.29. The molecule has 3 aromatic heterocycles. The molecule has 26 heavy (non-hydrogen) atoms. The van der Waals surface area contributed by atoms with Crippen molar-refractivity contribution in [1.82, 2.24) is 19.6 Å². The molecule has 7 heteroatoms. The second-order valence-electron chi connectivity index (χ2n) is 7.15. The first-order valence-corrected chi connectivity index (χ1v) is 9.07. The summed E-state index contributed by atoms with van der Waals surface area (Å²) in [7, 11) is 0. The average molecular weight is 348 g/mol. The molecule has 1 aliphatic carbocycles. The zero-order valence-electron chi connectivity index (χ0n) is 14.4. The van der Waals surface area contributed by atoms with E-state index in [9.17, 15) is 4.79 Å². The smallest absolute Gasteiger partial charge is 0.259 e. The van der Waals surface area contributed by atoms with Crippen LogP contribution in [0.15, 0.2) is 47.4 Å². The Hall–Kier alpha value is -2.96. The van der Waals surface area contributed by atoms with Crippen molar-refractivity contribution in [2.75, 3.05) is 29.9 Å². The predicted molar refractivity (Wildman–Crippen MR) is 99.7 cm³/mol. The van der Waals surface area contributed by atoms with Gasteiger partial charge < -0.3 is 10.2 Å². The molecule has 1 saturated heterocycles. The molecule has 0 bridgehead atoms. The summed E-state index contributed by atoms with van der Waals surface area (Å²) in [6.07, 6.45) is 4.23. The summed E-state index contributed by atoms with van der Waals surface area (Å²) in [4.78, 5) is 18.8. The van der Waals surface area contributed by atoms with Crippen molar-refractivity contribution in [2.24, 2.45) is 5.92 Å². The lowest BCUT2D eigenvalue weighted by atomic mass is 10.0. The minimum Gasteiger partial charge on any atom is -0.369 e. The number of anilines is 2. The molecular weight excluding hydrogens is 328 g/mol. The molecule has 1 N–H and O–H groups in total. The first kappa shape index (κ1) is 15.3. The Balaban J connectivity index is 1.18. The molecule has 0 spiro atoms. The fourth-order valence-electron chi connectivity index (χ4n) is 3.38. The van der Waals surface area contributed by atoms with E-state index in [0.29, 0.717) is 23.3 Å². The number of aromatic nitrogens is 4. The van der Waals surface area contributed by atoms with E-state index in [1.54, 1.807) is 16.7 Å². The lowest BCUT2D eigenvalue weighted by Gasteiger charge is -2.40. The highest BCUT2D eigenvalue weighted by atomic mass is 16.1. The van der Waals surface area contributed by atoms with E-state index in [0.717, 1.165) is 31.1 Å². The Morgan fingerprint density at radius 3 is 2.77 bits per heavy atom. The predicted octanol–water partition coefficient (Wildman–Crippen LogP) is 1.91. The van der Waals surface area contributed by atoms with Crippen molar-refractivity contribution < 1.29 is 0 Å². The molecule has 4 heterocycles. The summed E-state index contributed by atoms with van der Waals surface area (Å²) in [5.74, 6) is 2.74.